The van der Waals surface area contributed by atoms with Crippen molar-refractivity contribution in [3.8, 4) is 0 Å². The average molecular weight is 342 g/mol. The summed E-state index contributed by atoms with van der Waals surface area (Å²) in [5, 5.41) is 7.48. The highest BCUT2D eigenvalue weighted by Crippen LogP contribution is 2.25. The van der Waals surface area contributed by atoms with E-state index in [0.717, 1.165) is 19.6 Å². The molecule has 2 aromatic carbocycles. The molecule has 1 aliphatic heterocycles. The molecule has 5 rings (SSSR count). The van der Waals surface area contributed by atoms with E-state index in [1.54, 1.807) is 0 Å². The summed E-state index contributed by atoms with van der Waals surface area (Å²) in [7, 11) is 0. The number of H-pyrrole nitrogens is 1. The SMILES string of the molecule is c1cc(NC2CCN(Cc3ccc4[nH]ccc4c3)C2)c2ccncc2c1. The third kappa shape index (κ3) is 2.93. The summed E-state index contributed by atoms with van der Waals surface area (Å²) < 4.78 is 0. The number of hydrogen-bond acceptors (Lipinski definition) is 3. The molecule has 0 amide bonds. The lowest BCUT2D eigenvalue weighted by Crippen LogP contribution is -2.26. The number of fused-ring (bicyclic) bond motifs is 2. The van der Waals surface area contributed by atoms with Crippen LogP contribution in [0.4, 0.5) is 5.69 Å². The Hall–Kier alpha value is -2.85. The van der Waals surface area contributed by atoms with Crippen molar-refractivity contribution < 1.29 is 0 Å². The van der Waals surface area contributed by atoms with E-state index in [1.165, 1.54) is 39.3 Å². The molecule has 0 radical (unpaired) electrons. The Morgan fingerprint density at radius 1 is 1.12 bits per heavy atom. The first-order valence-corrected chi connectivity index (χ1v) is 9.23. The van der Waals surface area contributed by atoms with Gasteiger partial charge in [0.15, 0.2) is 0 Å². The molecule has 4 heteroatoms. The van der Waals surface area contributed by atoms with E-state index in [-0.39, 0.29) is 0 Å². The Bertz CT molecular complexity index is 1050. The number of nitrogens with zero attached hydrogens (tertiary/aromatic N) is 2. The highest BCUT2D eigenvalue weighted by atomic mass is 15.2. The molecule has 1 fully saturated rings. The van der Waals surface area contributed by atoms with Gasteiger partial charge in [0.2, 0.25) is 0 Å². The molecule has 4 nitrogen and oxygen atoms in total. The average Bonchev–Trinajstić information content (AvgIpc) is 3.31. The normalized spacial score (nSPS) is 17.9. The molecule has 2 aromatic heterocycles. The number of benzene rings is 2. The predicted octanol–water partition coefficient (Wildman–Crippen LogP) is 4.40. The van der Waals surface area contributed by atoms with Crippen LogP contribution in [-0.4, -0.2) is 34.0 Å². The van der Waals surface area contributed by atoms with Gasteiger partial charge in [0, 0.05) is 66.2 Å². The van der Waals surface area contributed by atoms with Gasteiger partial charge in [-0.2, -0.15) is 0 Å². The molecule has 3 heterocycles. The lowest BCUT2D eigenvalue weighted by Gasteiger charge is -2.18. The minimum Gasteiger partial charge on any atom is -0.380 e. The van der Waals surface area contributed by atoms with Crippen LogP contribution in [-0.2, 0) is 6.54 Å². The Morgan fingerprint density at radius 3 is 3.12 bits per heavy atom. The van der Waals surface area contributed by atoms with Crippen molar-refractivity contribution in [3.63, 3.8) is 0 Å². The Kier molecular flexibility index (Phi) is 3.83. The van der Waals surface area contributed by atoms with E-state index in [0.29, 0.717) is 6.04 Å². The summed E-state index contributed by atoms with van der Waals surface area (Å²) in [6.07, 6.45) is 6.97. The quantitative estimate of drug-likeness (QED) is 0.578. The molecular formula is C22H22N4. The first-order valence-electron chi connectivity index (χ1n) is 9.23. The molecule has 1 unspecified atom stereocenters. The number of rotatable bonds is 4. The van der Waals surface area contributed by atoms with Gasteiger partial charge in [0.05, 0.1) is 0 Å². The van der Waals surface area contributed by atoms with Gasteiger partial charge in [0.1, 0.15) is 0 Å². The summed E-state index contributed by atoms with van der Waals surface area (Å²) in [6, 6.07) is 17.8. The fraction of sp³-hybridized carbons (Fsp3) is 0.227. The van der Waals surface area contributed by atoms with Gasteiger partial charge < -0.3 is 10.3 Å². The maximum Gasteiger partial charge on any atom is 0.0454 e. The van der Waals surface area contributed by atoms with E-state index in [9.17, 15) is 0 Å². The molecule has 0 aliphatic carbocycles. The molecule has 1 atom stereocenters. The van der Waals surface area contributed by atoms with Crippen molar-refractivity contribution in [2.24, 2.45) is 0 Å². The van der Waals surface area contributed by atoms with Crippen molar-refractivity contribution in [1.82, 2.24) is 14.9 Å². The minimum absolute atomic E-state index is 0.491. The van der Waals surface area contributed by atoms with E-state index in [2.05, 4.69) is 68.7 Å². The van der Waals surface area contributed by atoms with Crippen LogP contribution in [0.15, 0.2) is 67.1 Å². The van der Waals surface area contributed by atoms with Crippen LogP contribution >= 0.6 is 0 Å². The number of aromatic nitrogens is 2. The number of pyridine rings is 1. The van der Waals surface area contributed by atoms with Crippen molar-refractivity contribution >= 4 is 27.4 Å². The van der Waals surface area contributed by atoms with Crippen LogP contribution in [0.1, 0.15) is 12.0 Å². The summed E-state index contributed by atoms with van der Waals surface area (Å²) in [5.41, 5.74) is 3.81. The van der Waals surface area contributed by atoms with E-state index in [4.69, 9.17) is 0 Å². The minimum atomic E-state index is 0.491. The monoisotopic (exact) mass is 342 g/mol. The fourth-order valence-electron chi connectivity index (χ4n) is 4.02. The maximum absolute atomic E-state index is 4.22. The summed E-state index contributed by atoms with van der Waals surface area (Å²) in [6.45, 7) is 3.22. The van der Waals surface area contributed by atoms with Crippen molar-refractivity contribution in [2.75, 3.05) is 18.4 Å². The van der Waals surface area contributed by atoms with Gasteiger partial charge >= 0.3 is 0 Å². The molecule has 0 bridgehead atoms. The first kappa shape index (κ1) is 15.4. The molecule has 0 saturated carbocycles. The second-order valence-electron chi connectivity index (χ2n) is 7.17. The van der Waals surface area contributed by atoms with E-state index >= 15 is 0 Å². The van der Waals surface area contributed by atoms with Crippen LogP contribution in [0.5, 0.6) is 0 Å². The zero-order valence-electron chi connectivity index (χ0n) is 14.7. The van der Waals surface area contributed by atoms with E-state index in [1.807, 2.05) is 18.6 Å². The summed E-state index contributed by atoms with van der Waals surface area (Å²) in [5.74, 6) is 0. The van der Waals surface area contributed by atoms with Gasteiger partial charge in [-0.3, -0.25) is 9.88 Å². The van der Waals surface area contributed by atoms with Crippen molar-refractivity contribution in [2.45, 2.75) is 19.0 Å². The third-order valence-corrected chi connectivity index (χ3v) is 5.34. The Morgan fingerprint density at radius 2 is 2.12 bits per heavy atom. The zero-order valence-corrected chi connectivity index (χ0v) is 14.7. The highest BCUT2D eigenvalue weighted by molar-refractivity contribution is 5.93. The molecule has 4 aromatic rings. The number of likely N-dealkylation sites (tertiary alicyclic amines) is 1. The molecule has 1 saturated heterocycles. The van der Waals surface area contributed by atoms with Crippen molar-refractivity contribution in [1.29, 1.82) is 0 Å². The molecule has 1 aliphatic rings. The molecule has 2 N–H and O–H groups in total. The molecular weight excluding hydrogens is 320 g/mol. The topological polar surface area (TPSA) is 44.0 Å². The summed E-state index contributed by atoms with van der Waals surface area (Å²) >= 11 is 0. The van der Waals surface area contributed by atoms with Crippen LogP contribution in [0.2, 0.25) is 0 Å². The zero-order chi connectivity index (χ0) is 17.3. The lowest BCUT2D eigenvalue weighted by molar-refractivity contribution is 0.329. The number of nitrogens with one attached hydrogen (secondary N) is 2. The Labute approximate surface area is 152 Å². The van der Waals surface area contributed by atoms with Gasteiger partial charge in [-0.15, -0.1) is 0 Å². The highest BCUT2D eigenvalue weighted by Gasteiger charge is 2.22. The largest absolute Gasteiger partial charge is 0.380 e. The van der Waals surface area contributed by atoms with Crippen LogP contribution in [0, 0.1) is 0 Å². The smallest absolute Gasteiger partial charge is 0.0454 e. The van der Waals surface area contributed by atoms with Crippen LogP contribution in [0.25, 0.3) is 21.7 Å². The van der Waals surface area contributed by atoms with Crippen LogP contribution < -0.4 is 5.32 Å². The molecule has 26 heavy (non-hydrogen) atoms. The van der Waals surface area contributed by atoms with Crippen molar-refractivity contribution in [3.05, 3.63) is 72.7 Å². The fourth-order valence-corrected chi connectivity index (χ4v) is 4.02. The first-order chi connectivity index (χ1) is 12.8. The summed E-state index contributed by atoms with van der Waals surface area (Å²) in [4.78, 5) is 10.0. The van der Waals surface area contributed by atoms with Gasteiger partial charge in [-0.05, 0) is 47.7 Å². The lowest BCUT2D eigenvalue weighted by atomic mass is 10.1. The van der Waals surface area contributed by atoms with Gasteiger partial charge in [-0.25, -0.2) is 0 Å². The number of aromatic amines is 1. The van der Waals surface area contributed by atoms with Gasteiger partial charge in [0.25, 0.3) is 0 Å². The second kappa shape index (κ2) is 6.46. The Balaban J connectivity index is 1.28. The maximum atomic E-state index is 4.22. The second-order valence-corrected chi connectivity index (χ2v) is 7.17. The van der Waals surface area contributed by atoms with Gasteiger partial charge in [-0.1, -0.05) is 18.2 Å². The third-order valence-electron chi connectivity index (χ3n) is 5.34. The number of hydrogen-bond donors (Lipinski definition) is 2. The standard InChI is InChI=1S/C22H22N4/c1-2-18-13-23-9-7-20(18)22(3-1)25-19-8-11-26(15-19)14-16-4-5-21-17(12-16)6-10-24-21/h1-7,9-10,12-13,19,24-25H,8,11,14-15H2. The number of anilines is 1. The van der Waals surface area contributed by atoms with Crippen LogP contribution in [0.3, 0.4) is 0 Å². The molecule has 0 spiro atoms. The van der Waals surface area contributed by atoms with E-state index < -0.39 is 0 Å². The molecule has 130 valence electrons. The predicted molar refractivity (Wildman–Crippen MR) is 107 cm³/mol.